The molecule has 2 aromatic carbocycles. The van der Waals surface area contributed by atoms with E-state index in [1.165, 1.54) is 24.3 Å². The second-order valence-corrected chi connectivity index (χ2v) is 4.49. The molecule has 0 aliphatic heterocycles. The van der Waals surface area contributed by atoms with Crippen LogP contribution in [0.5, 0.6) is 0 Å². The molecule has 0 bridgehead atoms. The van der Waals surface area contributed by atoms with Gasteiger partial charge >= 0.3 is 0 Å². The number of aliphatic hydroxyl groups excluding tert-OH is 1. The Morgan fingerprint density at radius 1 is 1.11 bits per heavy atom. The van der Waals surface area contributed by atoms with E-state index in [4.69, 9.17) is 0 Å². The van der Waals surface area contributed by atoms with Gasteiger partial charge in [0.2, 0.25) is 0 Å². The zero-order valence-electron chi connectivity index (χ0n) is 10.1. The van der Waals surface area contributed by atoms with Crippen LogP contribution in [0.1, 0.15) is 27.6 Å². The fourth-order valence-electron chi connectivity index (χ4n) is 1.73. The van der Waals surface area contributed by atoms with Crippen molar-refractivity contribution < 1.29 is 14.3 Å². The average molecular weight is 276 g/mol. The fraction of sp³-hybridized carbons (Fsp3) is 0.133. The van der Waals surface area contributed by atoms with E-state index in [0.29, 0.717) is 11.3 Å². The van der Waals surface area contributed by atoms with Crippen molar-refractivity contribution in [3.8, 4) is 0 Å². The van der Waals surface area contributed by atoms with Crippen LogP contribution >= 0.6 is 12.6 Å². The topological polar surface area (TPSA) is 37.3 Å². The number of ketones is 1. The van der Waals surface area contributed by atoms with E-state index in [-0.39, 0.29) is 5.56 Å². The van der Waals surface area contributed by atoms with Crippen molar-refractivity contribution in [2.75, 3.05) is 0 Å². The van der Waals surface area contributed by atoms with Crippen LogP contribution < -0.4 is 0 Å². The standard InChI is InChI=1S/C15H13FO2S/c16-13-7-5-12(6-8-13)15(18)14(17)11-3-1-10(9-19)2-4-11/h1-8,14,17,19H,9H2. The lowest BCUT2D eigenvalue weighted by molar-refractivity contribution is 0.0747. The summed E-state index contributed by atoms with van der Waals surface area (Å²) >= 11 is 4.14. The quantitative estimate of drug-likeness (QED) is 0.665. The molecule has 0 spiro atoms. The smallest absolute Gasteiger partial charge is 0.195 e. The number of carbonyl (C=O) groups is 1. The van der Waals surface area contributed by atoms with Gasteiger partial charge in [0.25, 0.3) is 0 Å². The van der Waals surface area contributed by atoms with Gasteiger partial charge < -0.3 is 5.11 Å². The van der Waals surface area contributed by atoms with Crippen LogP contribution in [0.4, 0.5) is 4.39 Å². The van der Waals surface area contributed by atoms with Gasteiger partial charge in [-0.25, -0.2) is 4.39 Å². The SMILES string of the molecule is O=C(c1ccc(F)cc1)C(O)c1ccc(CS)cc1. The van der Waals surface area contributed by atoms with Crippen molar-refractivity contribution in [3.05, 3.63) is 71.0 Å². The molecule has 4 heteroatoms. The minimum atomic E-state index is -1.24. The van der Waals surface area contributed by atoms with Gasteiger partial charge in [0, 0.05) is 11.3 Å². The summed E-state index contributed by atoms with van der Waals surface area (Å²) in [4.78, 5) is 12.0. The molecule has 1 N–H and O–H groups in total. The van der Waals surface area contributed by atoms with Gasteiger partial charge in [-0.2, -0.15) is 12.6 Å². The second kappa shape index (κ2) is 5.99. The molecule has 0 radical (unpaired) electrons. The van der Waals surface area contributed by atoms with Crippen LogP contribution in [-0.4, -0.2) is 10.9 Å². The first-order valence-electron chi connectivity index (χ1n) is 5.79. The summed E-state index contributed by atoms with van der Waals surface area (Å²) in [5, 5.41) is 10.0. The molecule has 0 aliphatic rings. The van der Waals surface area contributed by atoms with Gasteiger partial charge in [0.1, 0.15) is 11.9 Å². The zero-order valence-corrected chi connectivity index (χ0v) is 11.0. The Morgan fingerprint density at radius 2 is 1.68 bits per heavy atom. The molecule has 98 valence electrons. The number of thiol groups is 1. The van der Waals surface area contributed by atoms with E-state index in [1.54, 1.807) is 12.1 Å². The molecular weight excluding hydrogens is 263 g/mol. The number of halogens is 1. The molecule has 0 saturated carbocycles. The minimum Gasteiger partial charge on any atom is -0.380 e. The van der Waals surface area contributed by atoms with Crippen molar-refractivity contribution >= 4 is 18.4 Å². The van der Waals surface area contributed by atoms with Crippen LogP contribution in [0.15, 0.2) is 48.5 Å². The number of benzene rings is 2. The molecule has 19 heavy (non-hydrogen) atoms. The second-order valence-electron chi connectivity index (χ2n) is 4.17. The number of carbonyl (C=O) groups excluding carboxylic acids is 1. The molecule has 1 unspecified atom stereocenters. The summed E-state index contributed by atoms with van der Waals surface area (Å²) in [5.74, 6) is -0.259. The number of aliphatic hydroxyl groups is 1. The highest BCUT2D eigenvalue weighted by molar-refractivity contribution is 7.79. The van der Waals surface area contributed by atoms with E-state index in [1.807, 2.05) is 12.1 Å². The summed E-state index contributed by atoms with van der Waals surface area (Å²) in [5.41, 5.74) is 1.81. The third kappa shape index (κ3) is 3.22. The van der Waals surface area contributed by atoms with Crippen molar-refractivity contribution in [1.82, 2.24) is 0 Å². The summed E-state index contributed by atoms with van der Waals surface area (Å²) in [6.07, 6.45) is -1.24. The van der Waals surface area contributed by atoms with E-state index in [2.05, 4.69) is 12.6 Å². The Kier molecular flexibility index (Phi) is 4.35. The van der Waals surface area contributed by atoms with E-state index >= 15 is 0 Å². The monoisotopic (exact) mass is 276 g/mol. The Hall–Kier alpha value is -1.65. The molecule has 2 rings (SSSR count). The predicted molar refractivity (Wildman–Crippen MR) is 74.8 cm³/mol. The average Bonchev–Trinajstić information content (AvgIpc) is 2.46. The zero-order chi connectivity index (χ0) is 13.8. The largest absolute Gasteiger partial charge is 0.380 e. The molecule has 0 fully saturated rings. The fourth-order valence-corrected chi connectivity index (χ4v) is 1.94. The Morgan fingerprint density at radius 3 is 2.21 bits per heavy atom. The van der Waals surface area contributed by atoms with Gasteiger partial charge in [-0.05, 0) is 35.4 Å². The molecule has 0 saturated heterocycles. The number of hydrogen-bond donors (Lipinski definition) is 2. The van der Waals surface area contributed by atoms with Crippen molar-refractivity contribution in [2.24, 2.45) is 0 Å². The number of Topliss-reactive ketones (excluding diaryl/α,β-unsaturated/α-hetero) is 1. The maximum atomic E-state index is 12.8. The van der Waals surface area contributed by atoms with Crippen LogP contribution in [0.3, 0.4) is 0 Å². The highest BCUT2D eigenvalue weighted by Gasteiger charge is 2.18. The Balaban J connectivity index is 2.20. The van der Waals surface area contributed by atoms with Crippen molar-refractivity contribution in [1.29, 1.82) is 0 Å². The highest BCUT2D eigenvalue weighted by atomic mass is 32.1. The molecular formula is C15H13FO2S. The lowest BCUT2D eigenvalue weighted by atomic mass is 9.99. The van der Waals surface area contributed by atoms with Crippen LogP contribution in [0.25, 0.3) is 0 Å². The van der Waals surface area contributed by atoms with Crippen molar-refractivity contribution in [3.63, 3.8) is 0 Å². The predicted octanol–water partition coefficient (Wildman–Crippen LogP) is 3.17. The Bertz CT molecular complexity index is 564. The normalized spacial score (nSPS) is 12.2. The van der Waals surface area contributed by atoms with E-state index < -0.39 is 17.7 Å². The van der Waals surface area contributed by atoms with E-state index in [9.17, 15) is 14.3 Å². The van der Waals surface area contributed by atoms with Crippen LogP contribution in [0.2, 0.25) is 0 Å². The Labute approximate surface area is 116 Å². The molecule has 0 aliphatic carbocycles. The molecule has 1 atom stereocenters. The third-order valence-corrected chi connectivity index (χ3v) is 3.22. The third-order valence-electron chi connectivity index (χ3n) is 2.86. The van der Waals surface area contributed by atoms with Crippen molar-refractivity contribution in [2.45, 2.75) is 11.9 Å². The first-order chi connectivity index (χ1) is 9.11. The maximum Gasteiger partial charge on any atom is 0.195 e. The summed E-state index contributed by atoms with van der Waals surface area (Å²) < 4.78 is 12.8. The molecule has 2 nitrogen and oxygen atoms in total. The van der Waals surface area contributed by atoms with Crippen LogP contribution in [0, 0.1) is 5.82 Å². The highest BCUT2D eigenvalue weighted by Crippen LogP contribution is 2.19. The summed E-state index contributed by atoms with van der Waals surface area (Å²) in [6.45, 7) is 0. The summed E-state index contributed by atoms with van der Waals surface area (Å²) in [7, 11) is 0. The lowest BCUT2D eigenvalue weighted by Gasteiger charge is -2.10. The summed E-state index contributed by atoms with van der Waals surface area (Å²) in [6, 6.07) is 12.1. The first kappa shape index (κ1) is 13.8. The van der Waals surface area contributed by atoms with Crippen LogP contribution in [-0.2, 0) is 5.75 Å². The number of hydrogen-bond acceptors (Lipinski definition) is 3. The minimum absolute atomic E-state index is 0.284. The molecule has 0 aromatic heterocycles. The van der Waals surface area contributed by atoms with Gasteiger partial charge in [-0.3, -0.25) is 4.79 Å². The molecule has 2 aromatic rings. The van der Waals surface area contributed by atoms with Gasteiger partial charge in [0.05, 0.1) is 0 Å². The van der Waals surface area contributed by atoms with E-state index in [0.717, 1.165) is 5.56 Å². The number of rotatable bonds is 4. The first-order valence-corrected chi connectivity index (χ1v) is 6.42. The van der Waals surface area contributed by atoms with Gasteiger partial charge in [0.15, 0.2) is 5.78 Å². The molecule has 0 heterocycles. The molecule has 0 amide bonds. The van der Waals surface area contributed by atoms with Gasteiger partial charge in [-0.15, -0.1) is 0 Å². The van der Waals surface area contributed by atoms with Gasteiger partial charge in [-0.1, -0.05) is 24.3 Å². The lowest BCUT2D eigenvalue weighted by Crippen LogP contribution is -2.12. The maximum absolute atomic E-state index is 12.8.